The third kappa shape index (κ3) is 2.79. The molecule has 100 valence electrons. The Bertz CT molecular complexity index is 374. The first-order chi connectivity index (χ1) is 8.83. The van der Waals surface area contributed by atoms with Crippen LogP contribution in [0.3, 0.4) is 0 Å². The van der Waals surface area contributed by atoms with E-state index < -0.39 is 0 Å². The second-order valence-corrected chi connectivity index (χ2v) is 6.70. The lowest BCUT2D eigenvalue weighted by molar-refractivity contribution is 0.325. The third-order valence-electron chi connectivity index (χ3n) is 4.61. The molecule has 0 amide bonds. The van der Waals surface area contributed by atoms with E-state index in [0.29, 0.717) is 6.04 Å². The van der Waals surface area contributed by atoms with E-state index in [0.717, 1.165) is 25.0 Å². The highest BCUT2D eigenvalue weighted by Crippen LogP contribution is 2.32. The molecule has 1 saturated heterocycles. The Morgan fingerprint density at radius 2 is 2.22 bits per heavy atom. The van der Waals surface area contributed by atoms with Gasteiger partial charge < -0.3 is 10.6 Å². The van der Waals surface area contributed by atoms with Crippen LogP contribution in [0.1, 0.15) is 43.2 Å². The van der Waals surface area contributed by atoms with Crippen molar-refractivity contribution in [2.24, 2.45) is 5.92 Å². The van der Waals surface area contributed by atoms with Crippen LogP contribution < -0.4 is 10.6 Å². The van der Waals surface area contributed by atoms with Crippen LogP contribution in [0.4, 0.5) is 0 Å². The molecule has 1 saturated carbocycles. The van der Waals surface area contributed by atoms with E-state index in [-0.39, 0.29) is 0 Å². The lowest BCUT2D eigenvalue weighted by atomic mass is 9.85. The maximum atomic E-state index is 3.83. The molecule has 1 aliphatic carbocycles. The van der Waals surface area contributed by atoms with Crippen molar-refractivity contribution in [2.45, 2.75) is 57.7 Å². The molecule has 2 nitrogen and oxygen atoms in total. The molecular formula is C15H24N2S. The predicted molar refractivity (Wildman–Crippen MR) is 78.0 cm³/mol. The van der Waals surface area contributed by atoms with Crippen molar-refractivity contribution in [3.8, 4) is 0 Å². The van der Waals surface area contributed by atoms with E-state index >= 15 is 0 Å². The summed E-state index contributed by atoms with van der Waals surface area (Å²) in [5.74, 6) is 0.966. The third-order valence-corrected chi connectivity index (χ3v) is 5.52. The number of thiophene rings is 1. The van der Waals surface area contributed by atoms with Gasteiger partial charge in [0, 0.05) is 25.2 Å². The van der Waals surface area contributed by atoms with E-state index in [1.54, 1.807) is 0 Å². The van der Waals surface area contributed by atoms with Crippen molar-refractivity contribution in [1.82, 2.24) is 10.6 Å². The minimum absolute atomic E-state index is 0.706. The fourth-order valence-electron chi connectivity index (χ4n) is 3.54. The van der Waals surface area contributed by atoms with E-state index in [1.165, 1.54) is 43.2 Å². The van der Waals surface area contributed by atoms with Crippen LogP contribution in [0.25, 0.3) is 0 Å². The van der Waals surface area contributed by atoms with Crippen molar-refractivity contribution in [3.05, 3.63) is 21.9 Å². The maximum Gasteiger partial charge on any atom is 0.0217 e. The number of hydrogen-bond donors (Lipinski definition) is 2. The lowest BCUT2D eigenvalue weighted by Crippen LogP contribution is -2.38. The van der Waals surface area contributed by atoms with Gasteiger partial charge >= 0.3 is 0 Å². The maximum absolute atomic E-state index is 3.83. The van der Waals surface area contributed by atoms with Gasteiger partial charge in [-0.3, -0.25) is 0 Å². The summed E-state index contributed by atoms with van der Waals surface area (Å²) in [6.45, 7) is 4.36. The summed E-state index contributed by atoms with van der Waals surface area (Å²) in [4.78, 5) is 0. The first-order valence-electron chi connectivity index (χ1n) is 7.31. The Hall–Kier alpha value is -0.380. The Balaban J connectivity index is 1.43. The van der Waals surface area contributed by atoms with Gasteiger partial charge in [-0.1, -0.05) is 12.8 Å². The van der Waals surface area contributed by atoms with Crippen LogP contribution in [0, 0.1) is 12.8 Å². The standard InChI is InChI=1S/C15H24N2S/c1-11-9-18-10-13(11)7-16-8-14-6-12-4-2-3-5-15(12)17-14/h9-10,12,14-17H,2-8H2,1H3. The van der Waals surface area contributed by atoms with Crippen LogP contribution in [-0.4, -0.2) is 18.6 Å². The normalized spacial score (nSPS) is 31.5. The molecule has 0 aromatic carbocycles. The first-order valence-corrected chi connectivity index (χ1v) is 8.25. The highest BCUT2D eigenvalue weighted by molar-refractivity contribution is 7.08. The topological polar surface area (TPSA) is 24.1 Å². The SMILES string of the molecule is Cc1cscc1CNCC1CC2CCCCC2N1. The zero-order chi connectivity index (χ0) is 12.4. The van der Waals surface area contributed by atoms with Crippen LogP contribution in [0.5, 0.6) is 0 Å². The quantitative estimate of drug-likeness (QED) is 0.873. The van der Waals surface area contributed by atoms with Gasteiger partial charge in [-0.05, 0) is 54.0 Å². The van der Waals surface area contributed by atoms with E-state index in [2.05, 4.69) is 28.3 Å². The average Bonchev–Trinajstić information content (AvgIpc) is 2.96. The predicted octanol–water partition coefficient (Wildman–Crippen LogP) is 3.07. The molecule has 3 unspecified atom stereocenters. The van der Waals surface area contributed by atoms with Gasteiger partial charge in [0.1, 0.15) is 0 Å². The second kappa shape index (κ2) is 5.72. The molecule has 0 bridgehead atoms. The second-order valence-electron chi connectivity index (χ2n) is 5.96. The number of hydrogen-bond acceptors (Lipinski definition) is 3. The average molecular weight is 264 g/mol. The van der Waals surface area contributed by atoms with Crippen molar-refractivity contribution < 1.29 is 0 Å². The van der Waals surface area contributed by atoms with Gasteiger partial charge in [0.2, 0.25) is 0 Å². The fourth-order valence-corrected chi connectivity index (χ4v) is 4.39. The van der Waals surface area contributed by atoms with E-state index in [4.69, 9.17) is 0 Å². The monoisotopic (exact) mass is 264 g/mol. The van der Waals surface area contributed by atoms with Crippen molar-refractivity contribution >= 4 is 11.3 Å². The first kappa shape index (κ1) is 12.6. The minimum Gasteiger partial charge on any atom is -0.311 e. The molecule has 2 fully saturated rings. The molecule has 2 heterocycles. The summed E-state index contributed by atoms with van der Waals surface area (Å²) in [7, 11) is 0. The zero-order valence-electron chi connectivity index (χ0n) is 11.2. The van der Waals surface area contributed by atoms with Gasteiger partial charge in [-0.25, -0.2) is 0 Å². The summed E-state index contributed by atoms with van der Waals surface area (Å²) in [6, 6.07) is 1.53. The van der Waals surface area contributed by atoms with Crippen LogP contribution in [-0.2, 0) is 6.54 Å². The summed E-state index contributed by atoms with van der Waals surface area (Å²) >= 11 is 1.81. The summed E-state index contributed by atoms with van der Waals surface area (Å²) in [6.07, 6.45) is 7.14. The molecule has 1 aromatic rings. The Morgan fingerprint density at radius 1 is 1.33 bits per heavy atom. The van der Waals surface area contributed by atoms with E-state index in [9.17, 15) is 0 Å². The largest absolute Gasteiger partial charge is 0.311 e. The van der Waals surface area contributed by atoms with Crippen LogP contribution in [0.15, 0.2) is 10.8 Å². The smallest absolute Gasteiger partial charge is 0.0217 e. The number of rotatable bonds is 4. The summed E-state index contributed by atoms with van der Waals surface area (Å²) in [5.41, 5.74) is 2.90. The number of nitrogens with one attached hydrogen (secondary N) is 2. The molecule has 2 aliphatic rings. The number of aryl methyl sites for hydroxylation is 1. The molecule has 18 heavy (non-hydrogen) atoms. The Kier molecular flexibility index (Phi) is 4.02. The van der Waals surface area contributed by atoms with Crippen LogP contribution >= 0.6 is 11.3 Å². The van der Waals surface area contributed by atoms with Gasteiger partial charge in [-0.2, -0.15) is 11.3 Å². The molecule has 3 rings (SSSR count). The molecule has 1 aromatic heterocycles. The lowest BCUT2D eigenvalue weighted by Gasteiger charge is -2.24. The fraction of sp³-hybridized carbons (Fsp3) is 0.733. The molecule has 3 heteroatoms. The van der Waals surface area contributed by atoms with E-state index in [1.807, 2.05) is 11.3 Å². The molecule has 2 N–H and O–H groups in total. The Morgan fingerprint density at radius 3 is 3.00 bits per heavy atom. The highest BCUT2D eigenvalue weighted by Gasteiger charge is 2.34. The van der Waals surface area contributed by atoms with Crippen LogP contribution in [0.2, 0.25) is 0 Å². The van der Waals surface area contributed by atoms with Crippen molar-refractivity contribution in [1.29, 1.82) is 0 Å². The zero-order valence-corrected chi connectivity index (χ0v) is 12.1. The molecule has 0 radical (unpaired) electrons. The molecule has 3 atom stereocenters. The number of fused-ring (bicyclic) bond motifs is 1. The molecule has 0 spiro atoms. The van der Waals surface area contributed by atoms with Gasteiger partial charge in [-0.15, -0.1) is 0 Å². The molecular weight excluding hydrogens is 240 g/mol. The highest BCUT2D eigenvalue weighted by atomic mass is 32.1. The minimum atomic E-state index is 0.706. The van der Waals surface area contributed by atoms with Gasteiger partial charge in [0.25, 0.3) is 0 Å². The van der Waals surface area contributed by atoms with Gasteiger partial charge in [0.05, 0.1) is 0 Å². The summed E-state index contributed by atoms with van der Waals surface area (Å²) < 4.78 is 0. The summed E-state index contributed by atoms with van der Waals surface area (Å²) in [5, 5.41) is 12.0. The van der Waals surface area contributed by atoms with Gasteiger partial charge in [0.15, 0.2) is 0 Å². The molecule has 1 aliphatic heterocycles. The van der Waals surface area contributed by atoms with Crippen molar-refractivity contribution in [3.63, 3.8) is 0 Å². The Labute approximate surface area is 114 Å². The van der Waals surface area contributed by atoms with Crippen molar-refractivity contribution in [2.75, 3.05) is 6.54 Å².